The minimum Gasteiger partial charge on any atom is -0.496 e. The average Bonchev–Trinajstić information content (AvgIpc) is 3.50. The summed E-state index contributed by atoms with van der Waals surface area (Å²) >= 11 is 0. The van der Waals surface area contributed by atoms with Crippen LogP contribution in [0.25, 0.3) is 10.9 Å². The Kier molecular flexibility index (Phi) is 6.79. The first-order chi connectivity index (χ1) is 17.9. The summed E-state index contributed by atoms with van der Waals surface area (Å²) in [5.74, 6) is -1.34. The number of ether oxygens (including phenoxy) is 1. The molecule has 3 unspecified atom stereocenters. The molecule has 2 aliphatic carbocycles. The first kappa shape index (κ1) is 24.7. The SMILES string of the molecule is COc1cccc2[nH]c(C(=O)CC(CC3CC3)C(=O)NC(C#N)CC3C(=O)Cc4c(F)cccc43)cc12. The van der Waals surface area contributed by atoms with Crippen LogP contribution in [0.15, 0.2) is 42.5 Å². The molecule has 0 aliphatic heterocycles. The van der Waals surface area contributed by atoms with Gasteiger partial charge in [-0.25, -0.2) is 4.39 Å². The number of benzene rings is 2. The molecule has 0 saturated heterocycles. The first-order valence-electron chi connectivity index (χ1n) is 12.6. The smallest absolute Gasteiger partial charge is 0.224 e. The van der Waals surface area contributed by atoms with Crippen LogP contribution in [-0.4, -0.2) is 35.6 Å². The summed E-state index contributed by atoms with van der Waals surface area (Å²) in [4.78, 5) is 42.2. The molecule has 3 atom stereocenters. The van der Waals surface area contributed by atoms with Gasteiger partial charge >= 0.3 is 0 Å². The van der Waals surface area contributed by atoms with Crippen LogP contribution in [0.4, 0.5) is 4.39 Å². The maximum absolute atomic E-state index is 14.1. The lowest BCUT2D eigenvalue weighted by Crippen LogP contribution is -2.40. The van der Waals surface area contributed by atoms with E-state index in [1.54, 1.807) is 25.3 Å². The zero-order chi connectivity index (χ0) is 26.1. The quantitative estimate of drug-likeness (QED) is 0.394. The number of carbonyl (C=O) groups excluding carboxylic acids is 3. The highest BCUT2D eigenvalue weighted by molar-refractivity contribution is 6.02. The molecule has 1 fully saturated rings. The minimum atomic E-state index is -0.926. The topological polar surface area (TPSA) is 112 Å². The predicted octanol–water partition coefficient (Wildman–Crippen LogP) is 4.61. The lowest BCUT2D eigenvalue weighted by molar-refractivity contribution is -0.126. The number of fused-ring (bicyclic) bond motifs is 2. The fourth-order valence-electron chi connectivity index (χ4n) is 5.32. The van der Waals surface area contributed by atoms with Gasteiger partial charge in [-0.1, -0.05) is 31.0 Å². The van der Waals surface area contributed by atoms with Crippen LogP contribution in [0, 0.1) is 29.0 Å². The Bertz CT molecular complexity index is 1420. The fourth-order valence-corrected chi connectivity index (χ4v) is 5.32. The number of nitrogens with zero attached hydrogens (tertiary/aromatic N) is 1. The lowest BCUT2D eigenvalue weighted by atomic mass is 9.91. The van der Waals surface area contributed by atoms with E-state index in [9.17, 15) is 24.0 Å². The number of halogens is 1. The zero-order valence-electron chi connectivity index (χ0n) is 20.6. The van der Waals surface area contributed by atoms with Crippen molar-refractivity contribution in [1.29, 1.82) is 5.26 Å². The average molecular weight is 502 g/mol. The number of rotatable bonds is 10. The molecule has 3 aromatic rings. The molecular formula is C29H28FN3O4. The van der Waals surface area contributed by atoms with Crippen LogP contribution < -0.4 is 10.1 Å². The first-order valence-corrected chi connectivity index (χ1v) is 12.6. The summed E-state index contributed by atoms with van der Waals surface area (Å²) in [6.07, 6.45) is 2.67. The van der Waals surface area contributed by atoms with Crippen molar-refractivity contribution in [3.05, 3.63) is 65.1 Å². The standard InChI is InChI=1S/C29H28FN3O4/c1-37-28-7-3-6-24-22(28)13-25(33-24)27(35)11-17(10-16-8-9-16)29(36)32-18(15-31)12-21-19-4-2-5-23(30)20(19)14-26(21)34/h2-7,13,16-18,21,33H,8-12,14H2,1H3,(H,32,36). The summed E-state index contributed by atoms with van der Waals surface area (Å²) in [5, 5.41) is 13.3. The number of ketones is 2. The lowest BCUT2D eigenvalue weighted by Gasteiger charge is -2.20. The van der Waals surface area contributed by atoms with Gasteiger partial charge in [-0.05, 0) is 54.2 Å². The van der Waals surface area contributed by atoms with E-state index in [1.165, 1.54) is 6.07 Å². The number of carbonyl (C=O) groups is 3. The maximum Gasteiger partial charge on any atom is 0.224 e. The van der Waals surface area contributed by atoms with Crippen molar-refractivity contribution < 1.29 is 23.5 Å². The van der Waals surface area contributed by atoms with Gasteiger partial charge in [0.2, 0.25) is 5.91 Å². The van der Waals surface area contributed by atoms with Gasteiger partial charge in [-0.2, -0.15) is 5.26 Å². The number of hydrogen-bond acceptors (Lipinski definition) is 5. The highest BCUT2D eigenvalue weighted by atomic mass is 19.1. The number of H-pyrrole nitrogens is 1. The van der Waals surface area contributed by atoms with E-state index in [0.29, 0.717) is 34.9 Å². The second-order valence-electron chi connectivity index (χ2n) is 10.0. The third-order valence-electron chi connectivity index (χ3n) is 7.48. The van der Waals surface area contributed by atoms with Crippen LogP contribution in [0.2, 0.25) is 0 Å². The molecular weight excluding hydrogens is 473 g/mol. The molecule has 0 radical (unpaired) electrons. The molecule has 0 bridgehead atoms. The Morgan fingerprint density at radius 2 is 2.00 bits per heavy atom. The Balaban J connectivity index is 1.29. The van der Waals surface area contributed by atoms with Gasteiger partial charge in [-0.3, -0.25) is 14.4 Å². The summed E-state index contributed by atoms with van der Waals surface area (Å²) in [5.41, 5.74) is 2.12. The van der Waals surface area contributed by atoms with Crippen molar-refractivity contribution in [2.24, 2.45) is 11.8 Å². The number of amides is 1. The Morgan fingerprint density at radius 3 is 2.73 bits per heavy atom. The normalized spacial score (nSPS) is 18.2. The second kappa shape index (κ2) is 10.2. The molecule has 2 aliphatic rings. The second-order valence-corrected chi connectivity index (χ2v) is 10.0. The van der Waals surface area contributed by atoms with E-state index >= 15 is 0 Å². The Hall–Kier alpha value is -3.99. The van der Waals surface area contributed by atoms with E-state index in [1.807, 2.05) is 18.2 Å². The van der Waals surface area contributed by atoms with E-state index in [4.69, 9.17) is 4.74 Å². The van der Waals surface area contributed by atoms with Crippen LogP contribution in [0.1, 0.15) is 59.6 Å². The number of Topliss-reactive ketones (excluding diaryl/α,β-unsaturated/α-hetero) is 2. The molecule has 190 valence electrons. The van der Waals surface area contributed by atoms with Crippen molar-refractivity contribution in [3.63, 3.8) is 0 Å². The number of aromatic nitrogens is 1. The van der Waals surface area contributed by atoms with Gasteiger partial charge in [0, 0.05) is 35.6 Å². The predicted molar refractivity (Wildman–Crippen MR) is 135 cm³/mol. The Morgan fingerprint density at radius 1 is 1.22 bits per heavy atom. The van der Waals surface area contributed by atoms with Crippen LogP contribution in [0.5, 0.6) is 5.75 Å². The Labute approximate surface area is 214 Å². The number of methoxy groups -OCH3 is 1. The van der Waals surface area contributed by atoms with Crippen molar-refractivity contribution in [2.75, 3.05) is 7.11 Å². The monoisotopic (exact) mass is 501 g/mol. The highest BCUT2D eigenvalue weighted by Gasteiger charge is 2.36. The number of nitriles is 1. The van der Waals surface area contributed by atoms with Gasteiger partial charge in [0.1, 0.15) is 23.4 Å². The van der Waals surface area contributed by atoms with Crippen molar-refractivity contribution in [2.45, 2.75) is 50.5 Å². The molecule has 8 heteroatoms. The summed E-state index contributed by atoms with van der Waals surface area (Å²) < 4.78 is 19.5. The van der Waals surface area contributed by atoms with Crippen molar-refractivity contribution >= 4 is 28.4 Å². The number of aromatic amines is 1. The molecule has 37 heavy (non-hydrogen) atoms. The fraction of sp³-hybridized carbons (Fsp3) is 0.379. The maximum atomic E-state index is 14.1. The molecule has 2 N–H and O–H groups in total. The molecule has 1 heterocycles. The molecule has 1 saturated carbocycles. The zero-order valence-corrected chi connectivity index (χ0v) is 20.6. The van der Waals surface area contributed by atoms with E-state index in [-0.39, 0.29) is 36.7 Å². The van der Waals surface area contributed by atoms with E-state index in [0.717, 1.165) is 23.7 Å². The molecule has 1 amide bonds. The van der Waals surface area contributed by atoms with Crippen LogP contribution in [0.3, 0.4) is 0 Å². The third-order valence-corrected chi connectivity index (χ3v) is 7.48. The summed E-state index contributed by atoms with van der Waals surface area (Å²) in [6.45, 7) is 0. The molecule has 5 rings (SSSR count). The van der Waals surface area contributed by atoms with Gasteiger partial charge in [0.25, 0.3) is 0 Å². The highest BCUT2D eigenvalue weighted by Crippen LogP contribution is 2.38. The van der Waals surface area contributed by atoms with Gasteiger partial charge in [0.05, 0.1) is 18.9 Å². The van der Waals surface area contributed by atoms with Crippen molar-refractivity contribution in [1.82, 2.24) is 10.3 Å². The largest absolute Gasteiger partial charge is 0.496 e. The molecule has 7 nitrogen and oxygen atoms in total. The van der Waals surface area contributed by atoms with Crippen molar-refractivity contribution in [3.8, 4) is 11.8 Å². The summed E-state index contributed by atoms with van der Waals surface area (Å²) in [7, 11) is 1.57. The molecule has 2 aromatic carbocycles. The van der Waals surface area contributed by atoms with Crippen LogP contribution >= 0.6 is 0 Å². The third kappa shape index (κ3) is 5.12. The summed E-state index contributed by atoms with van der Waals surface area (Å²) in [6, 6.07) is 13.0. The van der Waals surface area contributed by atoms with Gasteiger partial charge < -0.3 is 15.0 Å². The van der Waals surface area contributed by atoms with Crippen LogP contribution in [-0.2, 0) is 16.0 Å². The van der Waals surface area contributed by atoms with E-state index < -0.39 is 23.7 Å². The van der Waals surface area contributed by atoms with Gasteiger partial charge in [0.15, 0.2) is 5.78 Å². The number of nitrogens with one attached hydrogen (secondary N) is 2. The minimum absolute atomic E-state index is 0.00598. The molecule has 0 spiro atoms. The van der Waals surface area contributed by atoms with E-state index in [2.05, 4.69) is 16.4 Å². The van der Waals surface area contributed by atoms with Gasteiger partial charge in [-0.15, -0.1) is 0 Å². The molecule has 1 aromatic heterocycles. The number of hydrogen-bond donors (Lipinski definition) is 2.